The zero-order valence-electron chi connectivity index (χ0n) is 24.0. The van der Waals surface area contributed by atoms with Crippen LogP contribution >= 0.6 is 11.3 Å². The van der Waals surface area contributed by atoms with E-state index in [0.717, 1.165) is 94.6 Å². The Balaban J connectivity index is 1.16. The number of hydrogen-bond donors (Lipinski definition) is 0. The third-order valence-electron chi connectivity index (χ3n) is 7.58. The molecule has 1 aliphatic rings. The lowest BCUT2D eigenvalue weighted by atomic mass is 9.92. The lowest BCUT2D eigenvalue weighted by Crippen LogP contribution is -2.36. The third-order valence-corrected chi connectivity index (χ3v) is 8.77. The van der Waals surface area contributed by atoms with Crippen molar-refractivity contribution in [3.8, 4) is 39.2 Å². The van der Waals surface area contributed by atoms with Gasteiger partial charge in [0.2, 0.25) is 0 Å². The largest absolute Gasteiger partial charge is 0.497 e. The molecule has 2 heterocycles. The van der Waals surface area contributed by atoms with Crippen LogP contribution in [0.2, 0.25) is 0 Å². The molecule has 42 heavy (non-hydrogen) atoms. The van der Waals surface area contributed by atoms with Crippen LogP contribution in [0.25, 0.3) is 20.5 Å². The quantitative estimate of drug-likeness (QED) is 0.0847. The highest BCUT2D eigenvalue weighted by Gasteiger charge is 2.20. The monoisotopic (exact) mass is 592 g/mol. The number of piperidine rings is 1. The summed E-state index contributed by atoms with van der Waals surface area (Å²) >= 11 is 1.67. The average molecular weight is 593 g/mol. The van der Waals surface area contributed by atoms with Gasteiger partial charge in [-0.05, 0) is 117 Å². The van der Waals surface area contributed by atoms with Crippen molar-refractivity contribution in [1.29, 1.82) is 0 Å². The molecule has 1 fully saturated rings. The van der Waals surface area contributed by atoms with Gasteiger partial charge in [-0.1, -0.05) is 0 Å². The van der Waals surface area contributed by atoms with Crippen molar-refractivity contribution in [3.05, 3.63) is 76.8 Å². The Morgan fingerprint density at radius 1 is 0.881 bits per heavy atom. The first kappa shape index (κ1) is 29.5. The fourth-order valence-corrected chi connectivity index (χ4v) is 6.40. The molecule has 1 aromatic heterocycles. The maximum Gasteiger partial charge on any atom is 0.294 e. The van der Waals surface area contributed by atoms with Crippen LogP contribution in [0.15, 0.2) is 66.7 Å². The lowest BCUT2D eigenvalue weighted by Gasteiger charge is -2.31. The number of fused-ring (bicyclic) bond motifs is 1. The second-order valence-electron chi connectivity index (χ2n) is 10.3. The highest BCUT2D eigenvalue weighted by Crippen LogP contribution is 2.47. The number of nitrogens with zero attached hydrogens (tertiary/aromatic N) is 2. The molecule has 0 aliphatic carbocycles. The standard InChI is InChI=1S/C32H36N2O7S/c1-37-25-7-5-24(6-8-25)32-31(29-14-13-28(38-2)22-30(29)42-32)41-27-11-9-26(10-12-27)39-21-19-33-17-15-23(16-18-33)4-3-20-40-34(35)36/h5-14,22-23H,3-4,15-21H2,1-2H3. The van der Waals surface area contributed by atoms with Crippen molar-refractivity contribution < 1.29 is 28.9 Å². The summed E-state index contributed by atoms with van der Waals surface area (Å²) in [5.41, 5.74) is 1.05. The number of benzene rings is 3. The molecule has 1 saturated heterocycles. The van der Waals surface area contributed by atoms with Crippen molar-refractivity contribution in [3.63, 3.8) is 0 Å². The fourth-order valence-electron chi connectivity index (χ4n) is 5.24. The van der Waals surface area contributed by atoms with Gasteiger partial charge in [-0.2, -0.15) is 0 Å². The summed E-state index contributed by atoms with van der Waals surface area (Å²) in [4.78, 5) is 18.1. The molecule has 4 aromatic rings. The van der Waals surface area contributed by atoms with Crippen LogP contribution in [0.5, 0.6) is 28.7 Å². The molecule has 5 rings (SSSR count). The Morgan fingerprint density at radius 2 is 1.55 bits per heavy atom. The summed E-state index contributed by atoms with van der Waals surface area (Å²) < 4.78 is 24.4. The number of likely N-dealkylation sites (tertiary alicyclic amines) is 1. The molecule has 0 unspecified atom stereocenters. The van der Waals surface area contributed by atoms with Gasteiger partial charge in [0.25, 0.3) is 5.09 Å². The van der Waals surface area contributed by atoms with Crippen molar-refractivity contribution >= 4 is 21.4 Å². The maximum absolute atomic E-state index is 10.3. The number of hydrogen-bond acceptors (Lipinski definition) is 9. The van der Waals surface area contributed by atoms with Gasteiger partial charge in [0, 0.05) is 16.6 Å². The molecule has 0 radical (unpaired) electrons. The molecule has 0 spiro atoms. The van der Waals surface area contributed by atoms with E-state index in [2.05, 4.69) is 9.74 Å². The van der Waals surface area contributed by atoms with Gasteiger partial charge in [0.15, 0.2) is 5.75 Å². The van der Waals surface area contributed by atoms with Crippen LogP contribution < -0.4 is 18.9 Å². The molecule has 0 amide bonds. The highest BCUT2D eigenvalue weighted by atomic mass is 32.1. The zero-order valence-corrected chi connectivity index (χ0v) is 24.8. The van der Waals surface area contributed by atoms with Crippen molar-refractivity contribution in [2.24, 2.45) is 5.92 Å². The maximum atomic E-state index is 10.3. The van der Waals surface area contributed by atoms with Crippen LogP contribution in [0.4, 0.5) is 0 Å². The van der Waals surface area contributed by atoms with E-state index in [-0.39, 0.29) is 6.61 Å². The Hall–Kier alpha value is -4.02. The van der Waals surface area contributed by atoms with Gasteiger partial charge >= 0.3 is 0 Å². The number of ether oxygens (including phenoxy) is 4. The van der Waals surface area contributed by atoms with Gasteiger partial charge in [-0.25, -0.2) is 0 Å². The minimum Gasteiger partial charge on any atom is -0.497 e. The van der Waals surface area contributed by atoms with Gasteiger partial charge in [-0.3, -0.25) is 4.90 Å². The molecule has 222 valence electrons. The number of thiophene rings is 1. The van der Waals surface area contributed by atoms with Gasteiger partial charge in [0.05, 0.1) is 25.7 Å². The van der Waals surface area contributed by atoms with E-state index in [0.29, 0.717) is 12.5 Å². The summed E-state index contributed by atoms with van der Waals surface area (Å²) in [5.74, 6) is 4.57. The molecule has 1 aliphatic heterocycles. The molecular weight excluding hydrogens is 556 g/mol. The SMILES string of the molecule is COc1ccc(-c2sc3cc(OC)ccc3c2Oc2ccc(OCCN3CCC(CCCO[N+](=O)[O-])CC3)cc2)cc1. The van der Waals surface area contributed by atoms with Crippen LogP contribution in [0, 0.1) is 16.0 Å². The average Bonchev–Trinajstić information content (AvgIpc) is 3.38. The molecule has 10 heteroatoms. The molecule has 9 nitrogen and oxygen atoms in total. The summed E-state index contributed by atoms with van der Waals surface area (Å²) in [6.45, 7) is 3.71. The van der Waals surface area contributed by atoms with E-state index in [1.54, 1.807) is 25.6 Å². The molecule has 3 aromatic carbocycles. The summed E-state index contributed by atoms with van der Waals surface area (Å²) in [5, 5.41) is 10.6. The van der Waals surface area contributed by atoms with Gasteiger partial charge in [0.1, 0.15) is 29.6 Å². The number of methoxy groups -OCH3 is 2. The highest BCUT2D eigenvalue weighted by molar-refractivity contribution is 7.22. The Morgan fingerprint density at radius 3 is 2.24 bits per heavy atom. The predicted molar refractivity (Wildman–Crippen MR) is 164 cm³/mol. The molecule has 0 bridgehead atoms. The van der Waals surface area contributed by atoms with Crippen molar-refractivity contribution in [2.75, 3.05) is 47.1 Å². The minimum atomic E-state index is -0.716. The molecule has 0 N–H and O–H groups in total. The number of rotatable bonds is 14. The van der Waals surface area contributed by atoms with Crippen molar-refractivity contribution in [2.45, 2.75) is 25.7 Å². The first-order valence-corrected chi connectivity index (χ1v) is 15.0. The first-order chi connectivity index (χ1) is 20.5. The predicted octanol–water partition coefficient (Wildman–Crippen LogP) is 7.46. The van der Waals surface area contributed by atoms with E-state index in [1.165, 1.54) is 0 Å². The van der Waals surface area contributed by atoms with Crippen LogP contribution in [0.1, 0.15) is 25.7 Å². The Labute approximate surface area is 249 Å². The normalized spacial score (nSPS) is 14.0. The second kappa shape index (κ2) is 14.2. The molecule has 0 atom stereocenters. The summed E-state index contributed by atoms with van der Waals surface area (Å²) in [6.07, 6.45) is 3.92. The van der Waals surface area contributed by atoms with E-state index >= 15 is 0 Å². The minimum absolute atomic E-state index is 0.188. The zero-order chi connectivity index (χ0) is 29.3. The topological polar surface area (TPSA) is 92.5 Å². The Kier molecular flexibility index (Phi) is 9.99. The lowest BCUT2D eigenvalue weighted by molar-refractivity contribution is -0.757. The van der Waals surface area contributed by atoms with Gasteiger partial charge < -0.3 is 23.8 Å². The third kappa shape index (κ3) is 7.63. The summed E-state index contributed by atoms with van der Waals surface area (Å²) in [6, 6.07) is 21.8. The van der Waals surface area contributed by atoms with E-state index < -0.39 is 5.09 Å². The smallest absolute Gasteiger partial charge is 0.294 e. The molecule has 0 saturated carbocycles. The molecular formula is C32H36N2O7S. The van der Waals surface area contributed by atoms with Crippen LogP contribution in [0.3, 0.4) is 0 Å². The first-order valence-electron chi connectivity index (χ1n) is 14.2. The van der Waals surface area contributed by atoms with Gasteiger partial charge in [-0.15, -0.1) is 21.5 Å². The van der Waals surface area contributed by atoms with E-state index in [4.69, 9.17) is 18.9 Å². The second-order valence-corrected chi connectivity index (χ2v) is 11.3. The van der Waals surface area contributed by atoms with E-state index in [1.807, 2.05) is 66.7 Å². The van der Waals surface area contributed by atoms with Crippen LogP contribution in [-0.2, 0) is 4.84 Å². The summed E-state index contributed by atoms with van der Waals surface area (Å²) in [7, 11) is 3.34. The van der Waals surface area contributed by atoms with E-state index in [9.17, 15) is 10.1 Å². The Bertz CT molecular complexity index is 1450. The van der Waals surface area contributed by atoms with Crippen LogP contribution in [-0.4, -0.2) is 57.1 Å². The fraction of sp³-hybridized carbons (Fsp3) is 0.375. The van der Waals surface area contributed by atoms with Crippen molar-refractivity contribution in [1.82, 2.24) is 4.90 Å².